The standard InChI is InChI=1S/C16H18Cl2N4O3/c1-3-10(2)16(24)11-5-6-12(15(18)14(11)17)25-9-13(23)20-7-4-8-21-22-19/h5-6H,2-4,7-9H2,1H3,(H,20,23). The van der Waals surface area contributed by atoms with E-state index >= 15 is 0 Å². The van der Waals surface area contributed by atoms with Gasteiger partial charge in [-0.3, -0.25) is 9.59 Å². The quantitative estimate of drug-likeness (QED) is 0.162. The second kappa shape index (κ2) is 10.6. The molecule has 134 valence electrons. The lowest BCUT2D eigenvalue weighted by Gasteiger charge is -2.12. The first kappa shape index (κ1) is 20.8. The first-order valence-corrected chi connectivity index (χ1v) is 8.28. The van der Waals surface area contributed by atoms with Gasteiger partial charge in [-0.2, -0.15) is 0 Å². The molecule has 1 amide bonds. The van der Waals surface area contributed by atoms with Crippen LogP contribution in [0, 0.1) is 0 Å². The summed E-state index contributed by atoms with van der Waals surface area (Å²) in [5.41, 5.74) is 8.80. The summed E-state index contributed by atoms with van der Waals surface area (Å²) in [5, 5.41) is 6.09. The smallest absolute Gasteiger partial charge is 0.257 e. The molecule has 0 radical (unpaired) electrons. The van der Waals surface area contributed by atoms with Gasteiger partial charge in [0.25, 0.3) is 5.91 Å². The highest BCUT2D eigenvalue weighted by molar-refractivity contribution is 6.45. The molecule has 0 saturated carbocycles. The summed E-state index contributed by atoms with van der Waals surface area (Å²) in [4.78, 5) is 26.4. The predicted molar refractivity (Wildman–Crippen MR) is 97.4 cm³/mol. The summed E-state index contributed by atoms with van der Waals surface area (Å²) in [6.45, 7) is 5.91. The molecule has 9 heteroatoms. The number of carbonyl (C=O) groups is 2. The van der Waals surface area contributed by atoms with E-state index in [0.717, 1.165) is 0 Å². The number of ether oxygens (including phenoxy) is 1. The lowest BCUT2D eigenvalue weighted by atomic mass is 10.0. The number of halogens is 2. The Labute approximate surface area is 155 Å². The highest BCUT2D eigenvalue weighted by atomic mass is 35.5. The Bertz CT molecular complexity index is 716. The fourth-order valence-corrected chi connectivity index (χ4v) is 2.25. The van der Waals surface area contributed by atoms with Crippen molar-refractivity contribution in [3.63, 3.8) is 0 Å². The highest BCUT2D eigenvalue weighted by Gasteiger charge is 2.18. The van der Waals surface area contributed by atoms with Crippen molar-refractivity contribution in [1.29, 1.82) is 0 Å². The van der Waals surface area contributed by atoms with Crippen LogP contribution in [0.25, 0.3) is 10.4 Å². The zero-order chi connectivity index (χ0) is 18.8. The van der Waals surface area contributed by atoms with Crippen molar-refractivity contribution in [1.82, 2.24) is 5.32 Å². The average molecular weight is 385 g/mol. The lowest BCUT2D eigenvalue weighted by Crippen LogP contribution is -2.30. The molecule has 0 unspecified atom stereocenters. The molecule has 1 aromatic carbocycles. The molecule has 0 atom stereocenters. The number of allylic oxidation sites excluding steroid dienone is 1. The van der Waals surface area contributed by atoms with Crippen LogP contribution in [0.1, 0.15) is 30.1 Å². The van der Waals surface area contributed by atoms with E-state index in [-0.39, 0.29) is 39.7 Å². The van der Waals surface area contributed by atoms with Gasteiger partial charge in [-0.05, 0) is 36.1 Å². The van der Waals surface area contributed by atoms with Crippen LogP contribution in [0.3, 0.4) is 0 Å². The number of azide groups is 1. The Hall–Kier alpha value is -2.21. The topological polar surface area (TPSA) is 104 Å². The minimum absolute atomic E-state index is 0.0626. The van der Waals surface area contributed by atoms with Crippen molar-refractivity contribution >= 4 is 34.9 Å². The predicted octanol–water partition coefficient (Wildman–Crippen LogP) is 4.34. The van der Waals surface area contributed by atoms with Crippen LogP contribution < -0.4 is 10.1 Å². The van der Waals surface area contributed by atoms with Crippen LogP contribution in [-0.2, 0) is 4.79 Å². The van der Waals surface area contributed by atoms with E-state index < -0.39 is 0 Å². The first-order valence-electron chi connectivity index (χ1n) is 7.53. The van der Waals surface area contributed by atoms with Gasteiger partial charge in [0.1, 0.15) is 10.8 Å². The van der Waals surface area contributed by atoms with Crippen LogP contribution in [0.2, 0.25) is 10.0 Å². The van der Waals surface area contributed by atoms with E-state index in [1.165, 1.54) is 12.1 Å². The Morgan fingerprint density at radius 3 is 2.72 bits per heavy atom. The maximum absolute atomic E-state index is 12.1. The third-order valence-electron chi connectivity index (χ3n) is 3.22. The molecule has 0 spiro atoms. The van der Waals surface area contributed by atoms with E-state index in [0.29, 0.717) is 31.5 Å². The molecule has 0 aliphatic carbocycles. The molecule has 0 aliphatic rings. The number of ketones is 1. The fourth-order valence-electron chi connectivity index (χ4n) is 1.79. The largest absolute Gasteiger partial charge is 0.482 e. The number of hydrogen-bond donors (Lipinski definition) is 1. The minimum Gasteiger partial charge on any atom is -0.482 e. The van der Waals surface area contributed by atoms with Crippen LogP contribution in [0.4, 0.5) is 0 Å². The summed E-state index contributed by atoms with van der Waals surface area (Å²) in [7, 11) is 0. The van der Waals surface area contributed by atoms with E-state index in [2.05, 4.69) is 21.9 Å². The number of nitrogens with one attached hydrogen (secondary N) is 1. The molecule has 0 fully saturated rings. The highest BCUT2D eigenvalue weighted by Crippen LogP contribution is 2.35. The Morgan fingerprint density at radius 2 is 2.08 bits per heavy atom. The third-order valence-corrected chi connectivity index (χ3v) is 4.08. The summed E-state index contributed by atoms with van der Waals surface area (Å²) < 4.78 is 5.34. The van der Waals surface area contributed by atoms with Crippen LogP contribution in [0.5, 0.6) is 5.75 Å². The molecule has 1 aromatic rings. The molecular formula is C16H18Cl2N4O3. The molecule has 0 bridgehead atoms. The van der Waals surface area contributed by atoms with Gasteiger partial charge < -0.3 is 10.1 Å². The molecule has 0 aliphatic heterocycles. The molecule has 1 rings (SSSR count). The number of carbonyl (C=O) groups excluding carboxylic acids is 2. The second-order valence-corrected chi connectivity index (χ2v) is 5.73. The molecule has 0 aromatic heterocycles. The molecule has 0 saturated heterocycles. The number of rotatable bonds is 10. The normalized spacial score (nSPS) is 9.88. The van der Waals surface area contributed by atoms with Gasteiger partial charge in [-0.25, -0.2) is 0 Å². The van der Waals surface area contributed by atoms with Crippen LogP contribution in [0.15, 0.2) is 29.4 Å². The van der Waals surface area contributed by atoms with Crippen LogP contribution >= 0.6 is 23.2 Å². The Morgan fingerprint density at radius 1 is 1.36 bits per heavy atom. The minimum atomic E-state index is -0.354. The van der Waals surface area contributed by atoms with E-state index in [1.54, 1.807) is 0 Å². The zero-order valence-corrected chi connectivity index (χ0v) is 15.2. The van der Waals surface area contributed by atoms with Crippen molar-refractivity contribution in [2.75, 3.05) is 19.7 Å². The van der Waals surface area contributed by atoms with Gasteiger partial charge in [-0.15, -0.1) is 0 Å². The van der Waals surface area contributed by atoms with Crippen LogP contribution in [-0.4, -0.2) is 31.4 Å². The summed E-state index contributed by atoms with van der Waals surface area (Å²) in [6.07, 6.45) is 1.03. The number of benzene rings is 1. The number of hydrogen-bond acceptors (Lipinski definition) is 4. The van der Waals surface area contributed by atoms with Gasteiger partial charge >= 0.3 is 0 Å². The molecule has 7 nitrogen and oxygen atoms in total. The van der Waals surface area contributed by atoms with Crippen molar-refractivity contribution in [2.24, 2.45) is 5.11 Å². The van der Waals surface area contributed by atoms with Gasteiger partial charge in [-0.1, -0.05) is 41.8 Å². The van der Waals surface area contributed by atoms with Crippen molar-refractivity contribution in [3.05, 3.63) is 50.3 Å². The fraction of sp³-hybridized carbons (Fsp3) is 0.375. The van der Waals surface area contributed by atoms with Gasteiger partial charge in [0, 0.05) is 23.6 Å². The molecule has 1 N–H and O–H groups in total. The summed E-state index contributed by atoms with van der Waals surface area (Å²) in [6, 6.07) is 2.98. The summed E-state index contributed by atoms with van der Waals surface area (Å²) >= 11 is 12.2. The van der Waals surface area contributed by atoms with E-state index in [1.807, 2.05) is 6.92 Å². The second-order valence-electron chi connectivity index (χ2n) is 4.97. The van der Waals surface area contributed by atoms with E-state index in [4.69, 9.17) is 33.5 Å². The lowest BCUT2D eigenvalue weighted by molar-refractivity contribution is -0.123. The monoisotopic (exact) mass is 384 g/mol. The Kier molecular flexibility index (Phi) is 8.84. The van der Waals surface area contributed by atoms with Crippen molar-refractivity contribution in [3.8, 4) is 5.75 Å². The average Bonchev–Trinajstić information content (AvgIpc) is 2.61. The molecule has 0 heterocycles. The van der Waals surface area contributed by atoms with Crippen molar-refractivity contribution < 1.29 is 14.3 Å². The van der Waals surface area contributed by atoms with Gasteiger partial charge in [0.2, 0.25) is 0 Å². The number of Topliss-reactive ketones (excluding diaryl/α,β-unsaturated/α-hetero) is 1. The molecule has 25 heavy (non-hydrogen) atoms. The van der Waals surface area contributed by atoms with Gasteiger partial charge in [0.05, 0.1) is 5.02 Å². The first-order chi connectivity index (χ1) is 11.9. The zero-order valence-electron chi connectivity index (χ0n) is 13.7. The third kappa shape index (κ3) is 6.31. The van der Waals surface area contributed by atoms with Crippen molar-refractivity contribution in [2.45, 2.75) is 19.8 Å². The maximum Gasteiger partial charge on any atom is 0.257 e. The number of nitrogens with zero attached hydrogens (tertiary/aromatic N) is 3. The van der Waals surface area contributed by atoms with Gasteiger partial charge in [0.15, 0.2) is 12.4 Å². The SMILES string of the molecule is C=C(CC)C(=O)c1ccc(OCC(=O)NCCCN=[N+]=[N-])c(Cl)c1Cl. The Balaban J connectivity index is 2.64. The maximum atomic E-state index is 12.1. The van der Waals surface area contributed by atoms with E-state index in [9.17, 15) is 9.59 Å². The number of amides is 1. The summed E-state index contributed by atoms with van der Waals surface area (Å²) in [5.74, 6) is -0.430. The molecular weight excluding hydrogens is 367 g/mol.